The number of carbonyl (C=O) groups excluding carboxylic acids is 3. The molecule has 1 rings (SSSR count). The molecule has 3 N–H and O–H groups in total. The molecule has 6 atom stereocenters. The molecule has 0 saturated carbocycles. The maximum atomic E-state index is 13.7. The molecule has 0 bridgehead atoms. The molecule has 1 aromatic rings. The number of hydrogen-bond donors (Lipinski definition) is 3. The second-order valence-electron chi connectivity index (χ2n) is 10.3. The molecular formula is C28H45N3O8. The molecule has 3 amide bonds. The van der Waals surface area contributed by atoms with E-state index in [1.807, 2.05) is 19.9 Å². The number of aliphatic hydroxyl groups is 1. The quantitative estimate of drug-likeness (QED) is 0.301. The lowest BCUT2D eigenvalue weighted by molar-refractivity contribution is -0.148. The Morgan fingerprint density at radius 1 is 1.00 bits per heavy atom. The summed E-state index contributed by atoms with van der Waals surface area (Å²) in [6.07, 6.45) is -2.45. The first-order valence-electron chi connectivity index (χ1n) is 13.2. The van der Waals surface area contributed by atoms with Gasteiger partial charge in [-0.3, -0.25) is 19.3 Å². The van der Waals surface area contributed by atoms with Gasteiger partial charge in [-0.05, 0) is 24.3 Å². The van der Waals surface area contributed by atoms with E-state index >= 15 is 0 Å². The predicted octanol–water partition coefficient (Wildman–Crippen LogP) is 2.51. The highest BCUT2D eigenvalue weighted by Gasteiger charge is 2.40. The molecule has 0 spiro atoms. The number of carbonyl (C=O) groups is 4. The second-order valence-corrected chi connectivity index (χ2v) is 10.3. The van der Waals surface area contributed by atoms with Crippen molar-refractivity contribution < 1.29 is 38.9 Å². The smallest absolute Gasteiger partial charge is 0.410 e. The van der Waals surface area contributed by atoms with E-state index < -0.39 is 54.2 Å². The molecule has 11 heteroatoms. The first-order chi connectivity index (χ1) is 18.3. The summed E-state index contributed by atoms with van der Waals surface area (Å²) in [4.78, 5) is 53.6. The summed E-state index contributed by atoms with van der Waals surface area (Å²) in [5.41, 5.74) is 0.763. The molecule has 11 nitrogen and oxygen atoms in total. The Labute approximate surface area is 231 Å². The Bertz CT molecular complexity index is 940. The van der Waals surface area contributed by atoms with Crippen LogP contribution in [0.15, 0.2) is 30.3 Å². The van der Waals surface area contributed by atoms with Gasteiger partial charge < -0.3 is 29.9 Å². The molecule has 0 aliphatic rings. The zero-order chi connectivity index (χ0) is 29.9. The number of hydrogen-bond acceptors (Lipinski definition) is 7. The van der Waals surface area contributed by atoms with Crippen molar-refractivity contribution >= 4 is 23.9 Å². The Morgan fingerprint density at radius 2 is 1.59 bits per heavy atom. The molecule has 220 valence electrons. The Morgan fingerprint density at radius 3 is 2.05 bits per heavy atom. The summed E-state index contributed by atoms with van der Waals surface area (Å²) in [5.74, 6) is -2.66. The van der Waals surface area contributed by atoms with Gasteiger partial charge in [0, 0.05) is 21.2 Å². The third-order valence-electron chi connectivity index (χ3n) is 6.95. The highest BCUT2D eigenvalue weighted by Crippen LogP contribution is 2.23. The monoisotopic (exact) mass is 551 g/mol. The van der Waals surface area contributed by atoms with Crippen molar-refractivity contribution in [1.29, 1.82) is 0 Å². The molecule has 0 aromatic heterocycles. The SMILES string of the molecule is CC[C@H](C)[C@@H]([C@@H](CC(=O)O)OC)N(C)C(=O)[C@@H](NC(=O)[C@H]([C@@H](C)O)N(C)C(=O)OCc1ccccc1)C(C)C. The minimum absolute atomic E-state index is 0.00985. The van der Waals surface area contributed by atoms with E-state index in [0.29, 0.717) is 6.42 Å². The number of likely N-dealkylation sites (N-methyl/N-ethyl adjacent to an activating group) is 2. The Balaban J connectivity index is 3.12. The molecule has 0 unspecified atom stereocenters. The van der Waals surface area contributed by atoms with Gasteiger partial charge in [-0.15, -0.1) is 0 Å². The maximum Gasteiger partial charge on any atom is 0.410 e. The fraction of sp³-hybridized carbons (Fsp3) is 0.643. The van der Waals surface area contributed by atoms with Crippen molar-refractivity contribution in [3.63, 3.8) is 0 Å². The van der Waals surface area contributed by atoms with Crippen LogP contribution in [0.1, 0.15) is 53.0 Å². The van der Waals surface area contributed by atoms with Gasteiger partial charge in [0.2, 0.25) is 11.8 Å². The van der Waals surface area contributed by atoms with Gasteiger partial charge in [0.1, 0.15) is 18.7 Å². The van der Waals surface area contributed by atoms with E-state index in [1.165, 1.54) is 26.0 Å². The van der Waals surface area contributed by atoms with Gasteiger partial charge >= 0.3 is 12.1 Å². The number of aliphatic carboxylic acids is 1. The zero-order valence-corrected chi connectivity index (χ0v) is 24.3. The van der Waals surface area contributed by atoms with Gasteiger partial charge in [-0.25, -0.2) is 4.79 Å². The number of methoxy groups -OCH3 is 1. The highest BCUT2D eigenvalue weighted by atomic mass is 16.6. The number of carboxylic acids is 1. The second kappa shape index (κ2) is 16.0. The predicted molar refractivity (Wildman–Crippen MR) is 146 cm³/mol. The first kappa shape index (κ1) is 33.8. The van der Waals surface area contributed by atoms with Gasteiger partial charge in [0.15, 0.2) is 0 Å². The number of nitrogens with zero attached hydrogens (tertiary/aromatic N) is 2. The number of carboxylic acid groups (broad SMARTS) is 1. The van der Waals surface area contributed by atoms with Crippen LogP contribution in [-0.4, -0.2) is 95.4 Å². The van der Waals surface area contributed by atoms with E-state index in [-0.39, 0.29) is 24.9 Å². The molecule has 0 radical (unpaired) electrons. The molecule has 39 heavy (non-hydrogen) atoms. The van der Waals surface area contributed by atoms with Gasteiger partial charge in [-0.2, -0.15) is 0 Å². The van der Waals surface area contributed by atoms with E-state index in [9.17, 15) is 29.4 Å². The molecule has 0 aliphatic heterocycles. The number of nitrogens with one attached hydrogen (secondary N) is 1. The molecule has 0 fully saturated rings. The van der Waals surface area contributed by atoms with Crippen LogP contribution < -0.4 is 5.32 Å². The standard InChI is InChI=1S/C28H45N3O8/c1-9-18(4)24(21(38-8)15-22(33)34)30(6)27(36)23(17(2)3)29-26(35)25(19(5)32)31(7)28(37)39-16-20-13-11-10-12-14-20/h10-14,17-19,21,23-25,32H,9,15-16H2,1-8H3,(H,29,35)(H,33,34)/t18-,19+,21+,23-,24-,25-/m0/s1. The molecule has 1 aromatic carbocycles. The van der Waals surface area contributed by atoms with Crippen molar-refractivity contribution in [3.8, 4) is 0 Å². The largest absolute Gasteiger partial charge is 0.481 e. The van der Waals surface area contributed by atoms with Crippen LogP contribution in [0.25, 0.3) is 0 Å². The Hall–Kier alpha value is -3.18. The molecule has 0 saturated heterocycles. The minimum Gasteiger partial charge on any atom is -0.481 e. The summed E-state index contributed by atoms with van der Waals surface area (Å²) in [6, 6.07) is 6.13. The molecule has 0 aliphatic carbocycles. The minimum atomic E-state index is -1.32. The number of rotatable bonds is 15. The fourth-order valence-electron chi connectivity index (χ4n) is 4.53. The maximum absolute atomic E-state index is 13.7. The van der Waals surface area contributed by atoms with Crippen LogP contribution in [0.2, 0.25) is 0 Å². The number of benzene rings is 1. The van der Waals surface area contributed by atoms with Gasteiger partial charge in [0.05, 0.1) is 24.7 Å². The molecular weight excluding hydrogens is 506 g/mol. The normalized spacial score (nSPS) is 15.8. The van der Waals surface area contributed by atoms with E-state index in [4.69, 9.17) is 9.47 Å². The van der Waals surface area contributed by atoms with E-state index in [1.54, 1.807) is 45.2 Å². The first-order valence-corrected chi connectivity index (χ1v) is 13.2. The van der Waals surface area contributed by atoms with E-state index in [0.717, 1.165) is 10.5 Å². The molecule has 0 heterocycles. The van der Waals surface area contributed by atoms with Crippen molar-refractivity contribution in [2.45, 2.75) is 84.4 Å². The van der Waals surface area contributed by atoms with Crippen molar-refractivity contribution in [2.24, 2.45) is 11.8 Å². The zero-order valence-electron chi connectivity index (χ0n) is 24.3. The summed E-state index contributed by atoms with van der Waals surface area (Å²) >= 11 is 0. The fourth-order valence-corrected chi connectivity index (χ4v) is 4.53. The lowest BCUT2D eigenvalue weighted by Gasteiger charge is -2.40. The highest BCUT2D eigenvalue weighted by molar-refractivity contribution is 5.92. The van der Waals surface area contributed by atoms with Crippen LogP contribution >= 0.6 is 0 Å². The van der Waals surface area contributed by atoms with Crippen LogP contribution in [0, 0.1) is 11.8 Å². The van der Waals surface area contributed by atoms with E-state index in [2.05, 4.69) is 5.32 Å². The number of ether oxygens (including phenoxy) is 2. The number of aliphatic hydroxyl groups excluding tert-OH is 1. The summed E-state index contributed by atoms with van der Waals surface area (Å²) in [5, 5.41) is 22.5. The topological polar surface area (TPSA) is 146 Å². The average molecular weight is 552 g/mol. The van der Waals surface area contributed by atoms with Crippen LogP contribution in [-0.2, 0) is 30.5 Å². The van der Waals surface area contributed by atoms with Crippen molar-refractivity contribution in [1.82, 2.24) is 15.1 Å². The van der Waals surface area contributed by atoms with Gasteiger partial charge in [-0.1, -0.05) is 64.4 Å². The van der Waals surface area contributed by atoms with Crippen LogP contribution in [0.4, 0.5) is 4.79 Å². The van der Waals surface area contributed by atoms with Gasteiger partial charge in [0.25, 0.3) is 0 Å². The number of amides is 3. The average Bonchev–Trinajstić information content (AvgIpc) is 2.89. The van der Waals surface area contributed by atoms with Crippen LogP contribution in [0.5, 0.6) is 0 Å². The third kappa shape index (κ3) is 9.81. The summed E-state index contributed by atoms with van der Waals surface area (Å²) in [6.45, 7) is 8.72. The third-order valence-corrected chi connectivity index (χ3v) is 6.95. The van der Waals surface area contributed by atoms with Crippen molar-refractivity contribution in [2.75, 3.05) is 21.2 Å². The lowest BCUT2D eigenvalue weighted by atomic mass is 9.90. The summed E-state index contributed by atoms with van der Waals surface area (Å²) < 4.78 is 10.8. The summed E-state index contributed by atoms with van der Waals surface area (Å²) in [7, 11) is 4.31. The van der Waals surface area contributed by atoms with Crippen molar-refractivity contribution in [3.05, 3.63) is 35.9 Å². The Kier molecular flexibility index (Phi) is 13.9. The van der Waals surface area contributed by atoms with Crippen LogP contribution in [0.3, 0.4) is 0 Å². The lowest BCUT2D eigenvalue weighted by Crippen LogP contribution is -2.61.